The molecule has 3 rings (SSSR count). The van der Waals surface area contributed by atoms with Crippen LogP contribution >= 0.6 is 0 Å². The van der Waals surface area contributed by atoms with Crippen LogP contribution in [0.2, 0.25) is 0 Å². The van der Waals surface area contributed by atoms with E-state index in [0.29, 0.717) is 31.9 Å². The number of hydrogen-bond donors (Lipinski definition) is 0. The average Bonchev–Trinajstić information content (AvgIpc) is 2.74. The van der Waals surface area contributed by atoms with E-state index >= 15 is 0 Å². The highest BCUT2D eigenvalue weighted by molar-refractivity contribution is 5.77. The van der Waals surface area contributed by atoms with Crippen molar-refractivity contribution in [2.75, 3.05) is 39.9 Å². The largest absolute Gasteiger partial charge is 0.497 e. The number of piperazine rings is 1. The first kappa shape index (κ1) is 19.6. The van der Waals surface area contributed by atoms with Gasteiger partial charge in [-0.05, 0) is 42.0 Å². The molecule has 2 aromatic carbocycles. The van der Waals surface area contributed by atoms with Crippen LogP contribution in [0.1, 0.15) is 11.6 Å². The minimum absolute atomic E-state index is 0.0357. The topological polar surface area (TPSA) is 65.8 Å². The number of carbonyl (C=O) groups excluding carboxylic acids is 1. The maximum Gasteiger partial charge on any atom is 0.260 e. The van der Waals surface area contributed by atoms with Gasteiger partial charge in [-0.1, -0.05) is 12.1 Å². The maximum absolute atomic E-state index is 13.1. The molecule has 1 amide bonds. The molecule has 0 spiro atoms. The van der Waals surface area contributed by atoms with Crippen LogP contribution in [0.3, 0.4) is 0 Å². The van der Waals surface area contributed by atoms with Crippen LogP contribution in [0.5, 0.6) is 11.5 Å². The van der Waals surface area contributed by atoms with Crippen LogP contribution in [-0.2, 0) is 4.79 Å². The number of nitrogens with zero attached hydrogens (tertiary/aromatic N) is 3. The molecular formula is C21H22FN3O3. The molecule has 6 nitrogen and oxygen atoms in total. The molecule has 0 radical (unpaired) electrons. The summed E-state index contributed by atoms with van der Waals surface area (Å²) < 4.78 is 23.7. The molecular weight excluding hydrogens is 361 g/mol. The average molecular weight is 383 g/mol. The monoisotopic (exact) mass is 383 g/mol. The van der Waals surface area contributed by atoms with Crippen LogP contribution in [0.15, 0.2) is 48.5 Å². The van der Waals surface area contributed by atoms with Crippen LogP contribution < -0.4 is 9.47 Å². The fraction of sp³-hybridized carbons (Fsp3) is 0.333. The molecule has 146 valence electrons. The molecule has 1 heterocycles. The third-order valence-electron chi connectivity index (χ3n) is 4.76. The number of ether oxygens (including phenoxy) is 2. The minimum atomic E-state index is -0.451. The summed E-state index contributed by atoms with van der Waals surface area (Å²) in [4.78, 5) is 16.1. The second-order valence-electron chi connectivity index (χ2n) is 6.46. The van der Waals surface area contributed by atoms with Crippen molar-refractivity contribution in [3.63, 3.8) is 0 Å². The number of methoxy groups -OCH3 is 1. The molecule has 7 heteroatoms. The smallest absolute Gasteiger partial charge is 0.260 e. The van der Waals surface area contributed by atoms with Gasteiger partial charge in [0.2, 0.25) is 0 Å². The molecule has 0 bridgehead atoms. The Morgan fingerprint density at radius 1 is 1.07 bits per heavy atom. The van der Waals surface area contributed by atoms with E-state index in [-0.39, 0.29) is 18.3 Å². The molecule has 0 N–H and O–H groups in total. The van der Waals surface area contributed by atoms with E-state index in [0.717, 1.165) is 11.3 Å². The van der Waals surface area contributed by atoms with Gasteiger partial charge in [0.1, 0.15) is 23.4 Å². The second-order valence-corrected chi connectivity index (χ2v) is 6.46. The quantitative estimate of drug-likeness (QED) is 0.767. The maximum atomic E-state index is 13.1. The normalized spacial score (nSPS) is 15.5. The van der Waals surface area contributed by atoms with Crippen molar-refractivity contribution < 1.29 is 18.7 Å². The van der Waals surface area contributed by atoms with Crippen molar-refractivity contribution in [1.29, 1.82) is 5.26 Å². The minimum Gasteiger partial charge on any atom is -0.497 e. The lowest BCUT2D eigenvalue weighted by Crippen LogP contribution is -2.50. The number of benzene rings is 2. The van der Waals surface area contributed by atoms with Gasteiger partial charge in [0.15, 0.2) is 6.61 Å². The number of hydrogen-bond acceptors (Lipinski definition) is 5. The molecule has 1 atom stereocenters. The number of carbonyl (C=O) groups is 1. The van der Waals surface area contributed by atoms with E-state index < -0.39 is 6.04 Å². The first-order valence-electron chi connectivity index (χ1n) is 9.04. The van der Waals surface area contributed by atoms with Crippen molar-refractivity contribution in [1.82, 2.24) is 9.80 Å². The number of nitriles is 1. The predicted octanol–water partition coefficient (Wildman–Crippen LogP) is 2.62. The fourth-order valence-electron chi connectivity index (χ4n) is 3.15. The van der Waals surface area contributed by atoms with Crippen LogP contribution in [0.25, 0.3) is 0 Å². The summed E-state index contributed by atoms with van der Waals surface area (Å²) in [5, 5.41) is 9.53. The van der Waals surface area contributed by atoms with E-state index in [4.69, 9.17) is 9.47 Å². The third kappa shape index (κ3) is 4.78. The van der Waals surface area contributed by atoms with Gasteiger partial charge >= 0.3 is 0 Å². The van der Waals surface area contributed by atoms with E-state index in [2.05, 4.69) is 6.07 Å². The molecule has 2 aromatic rings. The molecule has 28 heavy (non-hydrogen) atoms. The highest BCUT2D eigenvalue weighted by atomic mass is 19.1. The predicted molar refractivity (Wildman–Crippen MR) is 101 cm³/mol. The van der Waals surface area contributed by atoms with Crippen LogP contribution in [0.4, 0.5) is 4.39 Å². The zero-order valence-electron chi connectivity index (χ0n) is 15.7. The van der Waals surface area contributed by atoms with Crippen molar-refractivity contribution >= 4 is 5.91 Å². The number of rotatable bonds is 6. The summed E-state index contributed by atoms with van der Waals surface area (Å²) in [6.45, 7) is 2.15. The summed E-state index contributed by atoms with van der Waals surface area (Å²) in [6.07, 6.45) is 0. The lowest BCUT2D eigenvalue weighted by atomic mass is 10.1. The van der Waals surface area contributed by atoms with E-state index in [9.17, 15) is 14.4 Å². The third-order valence-corrected chi connectivity index (χ3v) is 4.76. The Balaban J connectivity index is 1.50. The Morgan fingerprint density at radius 2 is 1.68 bits per heavy atom. The molecule has 1 saturated heterocycles. The second kappa shape index (κ2) is 9.20. The summed E-state index contributed by atoms with van der Waals surface area (Å²) >= 11 is 0. The van der Waals surface area contributed by atoms with Crippen molar-refractivity contribution in [2.45, 2.75) is 6.04 Å². The van der Waals surface area contributed by atoms with Crippen molar-refractivity contribution in [2.24, 2.45) is 0 Å². The van der Waals surface area contributed by atoms with Crippen LogP contribution in [-0.4, -0.2) is 55.6 Å². The van der Waals surface area contributed by atoms with Gasteiger partial charge in [-0.2, -0.15) is 5.26 Å². The van der Waals surface area contributed by atoms with E-state index in [1.54, 1.807) is 48.4 Å². The van der Waals surface area contributed by atoms with Crippen molar-refractivity contribution in [3.8, 4) is 17.6 Å². The molecule has 0 aliphatic carbocycles. The first-order chi connectivity index (χ1) is 13.6. The van der Waals surface area contributed by atoms with Gasteiger partial charge < -0.3 is 14.4 Å². The highest BCUT2D eigenvalue weighted by Gasteiger charge is 2.27. The summed E-state index contributed by atoms with van der Waals surface area (Å²) in [5.74, 6) is 0.912. The number of amides is 1. The van der Waals surface area contributed by atoms with Gasteiger partial charge in [-0.25, -0.2) is 4.39 Å². The standard InChI is InChI=1S/C21H22FN3O3/c1-27-18-6-8-19(9-7-18)28-15-21(26)25-12-10-24(11-13-25)20(14-23)16-2-4-17(22)5-3-16/h2-9,20H,10-13,15H2,1H3/t20-/m0/s1. The number of halogens is 1. The Labute approximate surface area is 163 Å². The molecule has 1 aliphatic rings. The van der Waals surface area contributed by atoms with Gasteiger partial charge in [0.25, 0.3) is 5.91 Å². The molecule has 0 saturated carbocycles. The lowest BCUT2D eigenvalue weighted by Gasteiger charge is -2.37. The van der Waals surface area contributed by atoms with Crippen molar-refractivity contribution in [3.05, 3.63) is 59.9 Å². The van der Waals surface area contributed by atoms with Gasteiger partial charge in [0.05, 0.1) is 13.2 Å². The zero-order chi connectivity index (χ0) is 19.9. The van der Waals surface area contributed by atoms with E-state index in [1.165, 1.54) is 12.1 Å². The zero-order valence-corrected chi connectivity index (χ0v) is 15.7. The highest BCUT2D eigenvalue weighted by Crippen LogP contribution is 2.22. The summed E-state index contributed by atoms with van der Waals surface area (Å²) in [5.41, 5.74) is 0.756. The first-order valence-corrected chi connectivity index (χ1v) is 9.04. The van der Waals surface area contributed by atoms with Gasteiger partial charge in [-0.15, -0.1) is 0 Å². The summed E-state index contributed by atoms with van der Waals surface area (Å²) in [6, 6.07) is 14.8. The SMILES string of the molecule is COc1ccc(OCC(=O)N2CCN([C@@H](C#N)c3ccc(F)cc3)CC2)cc1. The van der Waals surface area contributed by atoms with Gasteiger partial charge in [-0.3, -0.25) is 9.69 Å². The fourth-order valence-corrected chi connectivity index (χ4v) is 3.15. The Hall–Kier alpha value is -3.11. The van der Waals surface area contributed by atoms with E-state index in [1.807, 2.05) is 4.90 Å². The van der Waals surface area contributed by atoms with Gasteiger partial charge in [0, 0.05) is 26.2 Å². The molecule has 1 aliphatic heterocycles. The molecule has 0 unspecified atom stereocenters. The molecule has 0 aromatic heterocycles. The van der Waals surface area contributed by atoms with Crippen LogP contribution in [0, 0.1) is 17.1 Å². The summed E-state index contributed by atoms with van der Waals surface area (Å²) in [7, 11) is 1.59. The Morgan fingerprint density at radius 3 is 2.25 bits per heavy atom. The molecule has 1 fully saturated rings. The Kier molecular flexibility index (Phi) is 6.45. The Bertz CT molecular complexity index is 825. The lowest BCUT2D eigenvalue weighted by molar-refractivity contribution is -0.135.